The lowest BCUT2D eigenvalue weighted by atomic mass is 10.1. The molecule has 30 heavy (non-hydrogen) atoms. The van der Waals surface area contributed by atoms with Crippen molar-refractivity contribution in [2.24, 2.45) is 0 Å². The molecular formula is C24H25ClN2O2S. The second-order valence-electron chi connectivity index (χ2n) is 6.80. The van der Waals surface area contributed by atoms with Crippen molar-refractivity contribution in [3.05, 3.63) is 87.3 Å². The van der Waals surface area contributed by atoms with Gasteiger partial charge in [0.15, 0.2) is 5.16 Å². The second-order valence-corrected chi connectivity index (χ2v) is 8.32. The number of H-pyrrole nitrogens is 1. The average molecular weight is 441 g/mol. The van der Waals surface area contributed by atoms with Crippen LogP contribution in [0.3, 0.4) is 0 Å². The molecule has 0 saturated heterocycles. The third-order valence-electron chi connectivity index (χ3n) is 4.41. The molecular weight excluding hydrogens is 416 g/mol. The van der Waals surface area contributed by atoms with Crippen molar-refractivity contribution in [3.63, 3.8) is 0 Å². The van der Waals surface area contributed by atoms with E-state index in [0.717, 1.165) is 59.9 Å². The Balaban J connectivity index is 1.28. The maximum atomic E-state index is 11.2. The first-order valence-electron chi connectivity index (χ1n) is 10.0. The average Bonchev–Trinajstić information content (AvgIpc) is 2.76. The number of halogens is 1. The van der Waals surface area contributed by atoms with Gasteiger partial charge in [-0.15, -0.1) is 0 Å². The maximum absolute atomic E-state index is 11.2. The van der Waals surface area contributed by atoms with Crippen LogP contribution in [0.25, 0.3) is 12.2 Å². The maximum Gasteiger partial charge on any atom is 0.251 e. The molecule has 0 unspecified atom stereocenters. The lowest BCUT2D eigenvalue weighted by Gasteiger charge is -2.06. The van der Waals surface area contributed by atoms with Gasteiger partial charge in [0.2, 0.25) is 0 Å². The van der Waals surface area contributed by atoms with Crippen molar-refractivity contribution in [2.75, 3.05) is 12.4 Å². The number of rotatable bonds is 11. The zero-order valence-corrected chi connectivity index (χ0v) is 18.3. The number of benzene rings is 2. The Hall–Kier alpha value is -2.50. The van der Waals surface area contributed by atoms with Gasteiger partial charge in [0.1, 0.15) is 5.75 Å². The summed E-state index contributed by atoms with van der Waals surface area (Å²) in [6.45, 7) is 0.723. The van der Waals surface area contributed by atoms with Crippen LogP contribution in [0.5, 0.6) is 5.75 Å². The fourth-order valence-corrected chi connectivity index (χ4v) is 3.76. The molecule has 2 aromatic carbocycles. The largest absolute Gasteiger partial charge is 0.494 e. The van der Waals surface area contributed by atoms with E-state index >= 15 is 0 Å². The molecule has 3 rings (SSSR count). The van der Waals surface area contributed by atoms with Gasteiger partial charge >= 0.3 is 0 Å². The van der Waals surface area contributed by atoms with Crippen molar-refractivity contribution in [1.82, 2.24) is 9.97 Å². The standard InChI is InChI=1S/C24H25ClN2O2S/c25-21-11-7-19(8-12-21)5-6-20-9-13-22(14-10-20)29-17-3-1-2-4-18-30-24-26-16-15-23(28)27-24/h5-16H,1-4,17-18H2,(H,26,27,28)/b6-5+. The summed E-state index contributed by atoms with van der Waals surface area (Å²) in [6, 6.07) is 17.3. The van der Waals surface area contributed by atoms with Crippen LogP contribution in [0.2, 0.25) is 5.02 Å². The summed E-state index contributed by atoms with van der Waals surface area (Å²) >= 11 is 7.50. The molecule has 1 heterocycles. The van der Waals surface area contributed by atoms with Gasteiger partial charge in [0.05, 0.1) is 6.61 Å². The van der Waals surface area contributed by atoms with Gasteiger partial charge in [0.25, 0.3) is 5.56 Å². The van der Waals surface area contributed by atoms with Gasteiger partial charge in [-0.05, 0) is 48.2 Å². The first-order chi connectivity index (χ1) is 14.7. The number of nitrogens with one attached hydrogen (secondary N) is 1. The Labute approximate surface area is 186 Å². The summed E-state index contributed by atoms with van der Waals surface area (Å²) in [5, 5.41) is 1.44. The van der Waals surface area contributed by atoms with E-state index in [1.807, 2.05) is 36.4 Å². The summed E-state index contributed by atoms with van der Waals surface area (Å²) in [7, 11) is 0. The lowest BCUT2D eigenvalue weighted by molar-refractivity contribution is 0.305. The molecule has 0 aliphatic carbocycles. The van der Waals surface area contributed by atoms with Crippen LogP contribution in [0.1, 0.15) is 36.8 Å². The van der Waals surface area contributed by atoms with Crippen molar-refractivity contribution in [2.45, 2.75) is 30.8 Å². The fourth-order valence-electron chi connectivity index (χ4n) is 2.78. The number of aromatic nitrogens is 2. The normalized spacial score (nSPS) is 11.1. The van der Waals surface area contributed by atoms with Crippen LogP contribution >= 0.6 is 23.4 Å². The predicted octanol–water partition coefficient (Wildman–Crippen LogP) is 6.33. The Morgan fingerprint density at radius 2 is 1.57 bits per heavy atom. The Kier molecular flexibility index (Phi) is 9.06. The fraction of sp³-hybridized carbons (Fsp3) is 0.250. The highest BCUT2D eigenvalue weighted by atomic mass is 35.5. The smallest absolute Gasteiger partial charge is 0.251 e. The van der Waals surface area contributed by atoms with E-state index in [-0.39, 0.29) is 5.56 Å². The minimum Gasteiger partial charge on any atom is -0.494 e. The molecule has 0 spiro atoms. The topological polar surface area (TPSA) is 55.0 Å². The molecule has 0 aliphatic rings. The summed E-state index contributed by atoms with van der Waals surface area (Å²) < 4.78 is 5.83. The molecule has 0 bridgehead atoms. The van der Waals surface area contributed by atoms with Gasteiger partial charge in [-0.2, -0.15) is 0 Å². The van der Waals surface area contributed by atoms with E-state index < -0.39 is 0 Å². The third kappa shape index (κ3) is 8.09. The first kappa shape index (κ1) is 22.2. The van der Waals surface area contributed by atoms with Crippen molar-refractivity contribution in [1.29, 1.82) is 0 Å². The van der Waals surface area contributed by atoms with Gasteiger partial charge in [-0.1, -0.05) is 72.6 Å². The minimum atomic E-state index is -0.102. The number of hydrogen-bond donors (Lipinski definition) is 1. The minimum absolute atomic E-state index is 0.102. The zero-order valence-electron chi connectivity index (χ0n) is 16.7. The second kappa shape index (κ2) is 12.3. The Morgan fingerprint density at radius 1 is 0.900 bits per heavy atom. The predicted molar refractivity (Wildman–Crippen MR) is 126 cm³/mol. The SMILES string of the molecule is O=c1ccnc(SCCCCCCOc2ccc(/C=C/c3ccc(Cl)cc3)cc2)[nH]1. The van der Waals surface area contributed by atoms with Gasteiger partial charge in [0, 0.05) is 23.0 Å². The van der Waals surface area contributed by atoms with Crippen molar-refractivity contribution >= 4 is 35.5 Å². The summed E-state index contributed by atoms with van der Waals surface area (Å²) in [6.07, 6.45) is 10.1. The van der Waals surface area contributed by atoms with E-state index in [2.05, 4.69) is 34.3 Å². The molecule has 6 heteroatoms. The van der Waals surface area contributed by atoms with E-state index in [1.165, 1.54) is 6.07 Å². The van der Waals surface area contributed by atoms with Crippen LogP contribution in [0.4, 0.5) is 0 Å². The highest BCUT2D eigenvalue weighted by Crippen LogP contribution is 2.17. The molecule has 0 atom stereocenters. The Bertz CT molecular complexity index is 985. The molecule has 4 nitrogen and oxygen atoms in total. The molecule has 156 valence electrons. The van der Waals surface area contributed by atoms with E-state index in [4.69, 9.17) is 16.3 Å². The van der Waals surface area contributed by atoms with Crippen LogP contribution in [0, 0.1) is 0 Å². The van der Waals surface area contributed by atoms with E-state index in [9.17, 15) is 4.79 Å². The highest BCUT2D eigenvalue weighted by molar-refractivity contribution is 7.99. The molecule has 3 aromatic rings. The number of unbranched alkanes of at least 4 members (excludes halogenated alkanes) is 3. The number of ether oxygens (including phenoxy) is 1. The molecule has 0 fully saturated rings. The van der Waals surface area contributed by atoms with Crippen molar-refractivity contribution < 1.29 is 4.74 Å². The van der Waals surface area contributed by atoms with E-state index in [0.29, 0.717) is 5.16 Å². The zero-order chi connectivity index (χ0) is 21.0. The molecule has 0 aliphatic heterocycles. The monoisotopic (exact) mass is 440 g/mol. The highest BCUT2D eigenvalue weighted by Gasteiger charge is 1.98. The number of nitrogens with zero attached hydrogens (tertiary/aromatic N) is 1. The first-order valence-corrected chi connectivity index (χ1v) is 11.4. The van der Waals surface area contributed by atoms with Crippen LogP contribution in [-0.2, 0) is 0 Å². The molecule has 0 radical (unpaired) electrons. The number of hydrogen-bond acceptors (Lipinski definition) is 4. The van der Waals surface area contributed by atoms with Gasteiger partial charge in [-0.3, -0.25) is 4.79 Å². The number of thioether (sulfide) groups is 1. The number of aromatic amines is 1. The van der Waals surface area contributed by atoms with Crippen molar-refractivity contribution in [3.8, 4) is 5.75 Å². The van der Waals surface area contributed by atoms with Gasteiger partial charge in [-0.25, -0.2) is 4.98 Å². The van der Waals surface area contributed by atoms with Crippen LogP contribution in [-0.4, -0.2) is 22.3 Å². The van der Waals surface area contributed by atoms with Crippen LogP contribution < -0.4 is 10.3 Å². The molecule has 1 N–H and O–H groups in total. The van der Waals surface area contributed by atoms with Gasteiger partial charge < -0.3 is 9.72 Å². The Morgan fingerprint density at radius 3 is 2.27 bits per heavy atom. The summed E-state index contributed by atoms with van der Waals surface area (Å²) in [5.74, 6) is 1.85. The van der Waals surface area contributed by atoms with Crippen LogP contribution in [0.15, 0.2) is 70.7 Å². The van der Waals surface area contributed by atoms with E-state index in [1.54, 1.807) is 18.0 Å². The summed E-state index contributed by atoms with van der Waals surface area (Å²) in [5.41, 5.74) is 2.14. The molecule has 0 amide bonds. The molecule has 0 saturated carbocycles. The lowest BCUT2D eigenvalue weighted by Crippen LogP contribution is -2.05. The quantitative estimate of drug-likeness (QED) is 0.164. The summed E-state index contributed by atoms with van der Waals surface area (Å²) in [4.78, 5) is 18.1. The molecule has 1 aromatic heterocycles. The third-order valence-corrected chi connectivity index (χ3v) is 5.64.